The fourth-order valence-corrected chi connectivity index (χ4v) is 5.98. The van der Waals surface area contributed by atoms with Gasteiger partial charge >= 0.3 is 0 Å². The first kappa shape index (κ1) is 27.6. The van der Waals surface area contributed by atoms with Crippen LogP contribution in [-0.4, -0.2) is 56.4 Å². The van der Waals surface area contributed by atoms with E-state index in [2.05, 4.69) is 26.6 Å². The van der Waals surface area contributed by atoms with Crippen LogP contribution in [0, 0.1) is 6.92 Å². The monoisotopic (exact) mass is 581 g/mol. The Hall–Kier alpha value is -4.58. The molecule has 4 heterocycles. The molecule has 0 radical (unpaired) electrons. The highest BCUT2D eigenvalue weighted by molar-refractivity contribution is 7.10. The van der Waals surface area contributed by atoms with E-state index in [-0.39, 0.29) is 11.1 Å². The number of para-hydroxylation sites is 1. The molecule has 0 atom stereocenters. The smallest absolute Gasteiger partial charge is 0.284 e. The summed E-state index contributed by atoms with van der Waals surface area (Å²) in [4.78, 5) is 39.3. The average molecular weight is 582 g/mol. The number of morpholine rings is 1. The Bertz CT molecular complexity index is 1790. The van der Waals surface area contributed by atoms with E-state index in [0.717, 1.165) is 49.7 Å². The second-order valence-electron chi connectivity index (χ2n) is 10.1. The largest absolute Gasteiger partial charge is 0.382 e. The first-order valence-corrected chi connectivity index (χ1v) is 14.5. The highest BCUT2D eigenvalue weighted by atomic mass is 32.1. The molecule has 214 valence electrons. The number of carbonyl (C=O) groups excluding carboxylic acids is 1. The minimum Gasteiger partial charge on any atom is -0.382 e. The molecule has 10 nitrogen and oxygen atoms in total. The summed E-state index contributed by atoms with van der Waals surface area (Å²) in [5.41, 5.74) is 10.8. The summed E-state index contributed by atoms with van der Waals surface area (Å²) in [6.45, 7) is 6.06. The summed E-state index contributed by atoms with van der Waals surface area (Å²) in [7, 11) is 1.76. The molecule has 3 aromatic heterocycles. The van der Waals surface area contributed by atoms with Crippen LogP contribution in [0.4, 0.5) is 11.5 Å². The van der Waals surface area contributed by atoms with Crippen molar-refractivity contribution in [3.63, 3.8) is 0 Å². The molecule has 1 saturated heterocycles. The zero-order chi connectivity index (χ0) is 29.2. The second kappa shape index (κ2) is 11.7. The molecule has 1 aliphatic rings. The highest BCUT2D eigenvalue weighted by Gasteiger charge is 2.22. The molecule has 42 heavy (non-hydrogen) atoms. The van der Waals surface area contributed by atoms with E-state index in [1.807, 2.05) is 42.5 Å². The summed E-state index contributed by atoms with van der Waals surface area (Å²) in [5, 5.41) is 4.95. The molecule has 1 amide bonds. The number of thiophene rings is 1. The van der Waals surface area contributed by atoms with Crippen molar-refractivity contribution in [1.29, 1.82) is 0 Å². The zero-order valence-corrected chi connectivity index (χ0v) is 24.2. The van der Waals surface area contributed by atoms with Gasteiger partial charge in [-0.25, -0.2) is 14.6 Å². The van der Waals surface area contributed by atoms with Crippen molar-refractivity contribution in [2.75, 3.05) is 37.4 Å². The summed E-state index contributed by atoms with van der Waals surface area (Å²) >= 11 is 1.71. The zero-order valence-electron chi connectivity index (χ0n) is 23.4. The summed E-state index contributed by atoms with van der Waals surface area (Å²) in [5.74, 6) is -0.150. The van der Waals surface area contributed by atoms with Crippen molar-refractivity contribution in [1.82, 2.24) is 24.2 Å². The number of nitrogens with zero attached hydrogens (tertiary/aromatic N) is 5. The molecule has 1 fully saturated rings. The molecular weight excluding hydrogens is 550 g/mol. The molecule has 11 heteroatoms. The minimum absolute atomic E-state index is 0.0944. The van der Waals surface area contributed by atoms with E-state index in [0.29, 0.717) is 28.6 Å². The topological polar surface area (TPSA) is 120 Å². The molecule has 3 N–H and O–H groups in total. The van der Waals surface area contributed by atoms with E-state index >= 15 is 0 Å². The fourth-order valence-electron chi connectivity index (χ4n) is 5.06. The van der Waals surface area contributed by atoms with Gasteiger partial charge < -0.3 is 15.8 Å². The lowest BCUT2D eigenvalue weighted by Crippen LogP contribution is -2.35. The summed E-state index contributed by atoms with van der Waals surface area (Å²) in [6.07, 6.45) is 1.69. The molecule has 0 spiro atoms. The highest BCUT2D eigenvalue weighted by Crippen LogP contribution is 2.30. The van der Waals surface area contributed by atoms with Crippen LogP contribution >= 0.6 is 11.3 Å². The quantitative estimate of drug-likeness (QED) is 0.293. The minimum atomic E-state index is -0.470. The third-order valence-electron chi connectivity index (χ3n) is 7.43. The second-order valence-corrected chi connectivity index (χ2v) is 11.1. The number of nitrogens with two attached hydrogens (primary N) is 1. The summed E-state index contributed by atoms with van der Waals surface area (Å²) in [6, 6.07) is 18.6. The van der Waals surface area contributed by atoms with Crippen LogP contribution < -0.4 is 16.6 Å². The van der Waals surface area contributed by atoms with Gasteiger partial charge in [-0.3, -0.25) is 19.2 Å². The molecule has 0 unspecified atom stereocenters. The molecule has 1 aliphatic heterocycles. The van der Waals surface area contributed by atoms with Gasteiger partial charge in [-0.15, -0.1) is 11.3 Å². The van der Waals surface area contributed by atoms with Crippen molar-refractivity contribution in [3.8, 4) is 28.2 Å². The Kier molecular flexibility index (Phi) is 7.70. The number of nitrogens with one attached hydrogen (secondary N) is 1. The van der Waals surface area contributed by atoms with E-state index in [1.54, 1.807) is 48.3 Å². The van der Waals surface area contributed by atoms with Crippen LogP contribution in [0.1, 0.15) is 20.9 Å². The van der Waals surface area contributed by atoms with Crippen molar-refractivity contribution >= 4 is 28.7 Å². The maximum atomic E-state index is 13.2. The number of carbonyl (C=O) groups is 1. The van der Waals surface area contributed by atoms with Crippen LogP contribution in [0.25, 0.3) is 28.2 Å². The van der Waals surface area contributed by atoms with E-state index in [1.165, 1.54) is 9.56 Å². The van der Waals surface area contributed by atoms with Crippen LogP contribution in [0.3, 0.4) is 0 Å². The Morgan fingerprint density at radius 1 is 1.07 bits per heavy atom. The van der Waals surface area contributed by atoms with Crippen LogP contribution in [-0.2, 0) is 18.3 Å². The molecule has 6 rings (SSSR count). The van der Waals surface area contributed by atoms with Gasteiger partial charge in [0.05, 0.1) is 36.5 Å². The van der Waals surface area contributed by atoms with Crippen LogP contribution in [0.15, 0.2) is 77.0 Å². The number of hydrogen-bond donors (Lipinski definition) is 2. The van der Waals surface area contributed by atoms with Crippen molar-refractivity contribution in [3.05, 3.63) is 98.7 Å². The van der Waals surface area contributed by atoms with Gasteiger partial charge in [-0.05, 0) is 37.3 Å². The van der Waals surface area contributed by atoms with Gasteiger partial charge in [0.15, 0.2) is 0 Å². The lowest BCUT2D eigenvalue weighted by atomic mass is 10.1. The van der Waals surface area contributed by atoms with Crippen molar-refractivity contribution in [2.45, 2.75) is 13.5 Å². The molecule has 0 saturated carbocycles. The third-order valence-corrected chi connectivity index (χ3v) is 8.35. The lowest BCUT2D eigenvalue weighted by molar-refractivity contribution is 0.0346. The number of ether oxygens (including phenoxy) is 1. The van der Waals surface area contributed by atoms with Gasteiger partial charge in [0.2, 0.25) is 0 Å². The lowest BCUT2D eigenvalue weighted by Gasteiger charge is -2.25. The first-order valence-electron chi connectivity index (χ1n) is 13.7. The Balaban J connectivity index is 1.19. The number of hydrogen-bond acceptors (Lipinski definition) is 8. The van der Waals surface area contributed by atoms with E-state index < -0.39 is 5.91 Å². The predicted octanol–water partition coefficient (Wildman–Crippen LogP) is 4.34. The van der Waals surface area contributed by atoms with E-state index in [9.17, 15) is 9.59 Å². The Morgan fingerprint density at radius 2 is 1.81 bits per heavy atom. The third kappa shape index (κ3) is 5.49. The van der Waals surface area contributed by atoms with E-state index in [4.69, 9.17) is 15.5 Å². The predicted molar refractivity (Wildman–Crippen MR) is 165 cm³/mol. The van der Waals surface area contributed by atoms with Crippen molar-refractivity contribution < 1.29 is 9.53 Å². The SMILES string of the molecule is Cc1c(C(=O)Nc2ccc(-c3nc(-c4csc(CN5CCOCC5)c4)cnc3N)cc2)c(=O)n(-c2ccccc2)n1C. The van der Waals surface area contributed by atoms with Gasteiger partial charge in [-0.2, -0.15) is 0 Å². The van der Waals surface area contributed by atoms with Gasteiger partial charge in [0.1, 0.15) is 17.1 Å². The molecule has 0 bridgehead atoms. The number of rotatable bonds is 7. The van der Waals surface area contributed by atoms with Crippen LogP contribution in [0.2, 0.25) is 0 Å². The summed E-state index contributed by atoms with van der Waals surface area (Å²) < 4.78 is 8.62. The standard InChI is InChI=1S/C31H31N7O3S/c1-20-27(31(40)38(36(20)2)24-6-4-3-5-7-24)30(39)34-23-10-8-21(9-11-23)28-29(32)33-17-26(35-28)22-16-25(42-19-22)18-37-12-14-41-15-13-37/h3-11,16-17,19H,12-15,18H2,1-2H3,(H2,32,33)(H,34,39). The Labute approximate surface area is 247 Å². The average Bonchev–Trinajstić information content (AvgIpc) is 3.56. The molecule has 2 aromatic carbocycles. The maximum Gasteiger partial charge on any atom is 0.284 e. The molecule has 0 aliphatic carbocycles. The molecule has 5 aromatic rings. The number of benzene rings is 2. The Morgan fingerprint density at radius 3 is 2.55 bits per heavy atom. The number of aromatic nitrogens is 4. The number of anilines is 2. The molecular formula is C31H31N7O3S. The fraction of sp³-hybridized carbons (Fsp3) is 0.226. The van der Waals surface area contributed by atoms with Gasteiger partial charge in [-0.1, -0.05) is 30.3 Å². The van der Waals surface area contributed by atoms with Gasteiger partial charge in [0, 0.05) is 53.8 Å². The van der Waals surface area contributed by atoms with Crippen molar-refractivity contribution in [2.24, 2.45) is 7.05 Å². The first-order chi connectivity index (χ1) is 20.4. The van der Waals surface area contributed by atoms with Gasteiger partial charge in [0.25, 0.3) is 11.5 Å². The van der Waals surface area contributed by atoms with Crippen LogP contribution in [0.5, 0.6) is 0 Å². The number of amides is 1. The maximum absolute atomic E-state index is 13.2. The normalized spacial score (nSPS) is 13.8. The number of nitrogen functional groups attached to an aromatic ring is 1.